The van der Waals surface area contributed by atoms with Gasteiger partial charge in [0.25, 0.3) is 5.56 Å². The molecule has 6 nitrogen and oxygen atoms in total. The first-order valence-corrected chi connectivity index (χ1v) is 8.71. The lowest BCUT2D eigenvalue weighted by Crippen LogP contribution is -2.30. The van der Waals surface area contributed by atoms with Crippen LogP contribution < -0.4 is 10.9 Å². The van der Waals surface area contributed by atoms with Crippen LogP contribution >= 0.6 is 11.3 Å². The SMILES string of the molecule is Cc1nn(CC(=O)Nc2nc(C3CC3)cs2)c(=O)c2ccccc12. The van der Waals surface area contributed by atoms with Crippen molar-refractivity contribution in [3.05, 3.63) is 51.4 Å². The molecule has 2 aromatic heterocycles. The van der Waals surface area contributed by atoms with E-state index in [-0.39, 0.29) is 18.0 Å². The van der Waals surface area contributed by atoms with Crippen LogP contribution in [0.1, 0.15) is 30.1 Å². The van der Waals surface area contributed by atoms with Crippen LogP contribution in [0.3, 0.4) is 0 Å². The molecule has 7 heteroatoms. The molecule has 1 aromatic carbocycles. The predicted octanol–water partition coefficient (Wildman–Crippen LogP) is 2.68. The number of thiazole rings is 1. The zero-order chi connectivity index (χ0) is 16.7. The van der Waals surface area contributed by atoms with E-state index in [0.29, 0.717) is 16.4 Å². The number of fused-ring (bicyclic) bond motifs is 1. The number of carbonyl (C=O) groups excluding carboxylic acids is 1. The molecule has 0 saturated heterocycles. The van der Waals surface area contributed by atoms with Crippen molar-refractivity contribution in [2.24, 2.45) is 0 Å². The Kier molecular flexibility index (Phi) is 3.65. The first-order valence-electron chi connectivity index (χ1n) is 7.83. The average Bonchev–Trinajstić information content (AvgIpc) is 3.32. The third-order valence-corrected chi connectivity index (χ3v) is 4.89. The predicted molar refractivity (Wildman–Crippen MR) is 93.5 cm³/mol. The minimum absolute atomic E-state index is 0.122. The van der Waals surface area contributed by atoms with Crippen LogP contribution in [-0.2, 0) is 11.3 Å². The van der Waals surface area contributed by atoms with E-state index in [1.807, 2.05) is 30.5 Å². The van der Waals surface area contributed by atoms with E-state index in [9.17, 15) is 9.59 Å². The van der Waals surface area contributed by atoms with E-state index in [4.69, 9.17) is 0 Å². The lowest BCUT2D eigenvalue weighted by atomic mass is 10.1. The molecule has 3 aromatic rings. The summed E-state index contributed by atoms with van der Waals surface area (Å²) in [5.41, 5.74) is 1.51. The number of rotatable bonds is 4. The normalized spacial score (nSPS) is 14.0. The van der Waals surface area contributed by atoms with Crippen molar-refractivity contribution >= 4 is 33.1 Å². The summed E-state index contributed by atoms with van der Waals surface area (Å²) >= 11 is 1.42. The quantitative estimate of drug-likeness (QED) is 0.792. The van der Waals surface area contributed by atoms with Crippen LogP contribution in [0.25, 0.3) is 10.8 Å². The molecule has 4 rings (SSSR count). The van der Waals surface area contributed by atoms with Gasteiger partial charge in [-0.2, -0.15) is 5.10 Å². The second kappa shape index (κ2) is 5.83. The molecule has 1 saturated carbocycles. The van der Waals surface area contributed by atoms with Gasteiger partial charge in [-0.3, -0.25) is 9.59 Å². The summed E-state index contributed by atoms with van der Waals surface area (Å²) in [7, 11) is 0. The van der Waals surface area contributed by atoms with Gasteiger partial charge in [0.05, 0.1) is 16.8 Å². The third kappa shape index (κ3) is 2.82. The molecule has 1 N–H and O–H groups in total. The molecule has 0 aliphatic heterocycles. The monoisotopic (exact) mass is 340 g/mol. The van der Waals surface area contributed by atoms with Crippen molar-refractivity contribution in [2.45, 2.75) is 32.2 Å². The fraction of sp³-hybridized carbons (Fsp3) is 0.294. The molecule has 1 amide bonds. The molecule has 2 heterocycles. The molecular weight excluding hydrogens is 324 g/mol. The van der Waals surface area contributed by atoms with Gasteiger partial charge in [0.15, 0.2) is 5.13 Å². The molecule has 24 heavy (non-hydrogen) atoms. The molecule has 0 atom stereocenters. The number of nitrogens with one attached hydrogen (secondary N) is 1. The van der Waals surface area contributed by atoms with E-state index >= 15 is 0 Å². The molecule has 1 aliphatic rings. The Morgan fingerprint density at radius 2 is 2.08 bits per heavy atom. The van der Waals surface area contributed by atoms with E-state index in [0.717, 1.165) is 16.8 Å². The van der Waals surface area contributed by atoms with Crippen molar-refractivity contribution in [1.82, 2.24) is 14.8 Å². The van der Waals surface area contributed by atoms with Gasteiger partial charge >= 0.3 is 0 Å². The standard InChI is InChI=1S/C17H16N4O2S/c1-10-12-4-2-3-5-13(12)16(23)21(20-10)8-15(22)19-17-18-14(9-24-17)11-6-7-11/h2-5,9,11H,6-8H2,1H3,(H,18,19,22). The molecule has 1 fully saturated rings. The summed E-state index contributed by atoms with van der Waals surface area (Å²) in [6.45, 7) is 1.71. The Morgan fingerprint density at radius 3 is 2.83 bits per heavy atom. The zero-order valence-corrected chi connectivity index (χ0v) is 14.0. The number of carbonyl (C=O) groups is 1. The fourth-order valence-corrected chi connectivity index (χ4v) is 3.53. The number of anilines is 1. The Balaban J connectivity index is 1.55. The number of hydrogen-bond donors (Lipinski definition) is 1. The van der Waals surface area contributed by atoms with E-state index < -0.39 is 0 Å². The van der Waals surface area contributed by atoms with Crippen molar-refractivity contribution in [2.75, 3.05) is 5.32 Å². The second-order valence-electron chi connectivity index (χ2n) is 5.99. The largest absolute Gasteiger partial charge is 0.300 e. The van der Waals surface area contributed by atoms with Crippen LogP contribution in [0.5, 0.6) is 0 Å². The number of benzene rings is 1. The summed E-state index contributed by atoms with van der Waals surface area (Å²) in [5.74, 6) is 0.260. The maximum absolute atomic E-state index is 12.5. The van der Waals surface area contributed by atoms with Crippen LogP contribution in [0.2, 0.25) is 0 Å². The molecule has 122 valence electrons. The highest BCUT2D eigenvalue weighted by molar-refractivity contribution is 7.13. The Bertz CT molecular complexity index is 988. The van der Waals surface area contributed by atoms with Crippen LogP contribution in [0.15, 0.2) is 34.4 Å². The van der Waals surface area contributed by atoms with Gasteiger partial charge in [0, 0.05) is 16.7 Å². The van der Waals surface area contributed by atoms with Gasteiger partial charge in [-0.05, 0) is 25.8 Å². The number of aromatic nitrogens is 3. The minimum atomic E-state index is -0.295. The van der Waals surface area contributed by atoms with Crippen LogP contribution in [-0.4, -0.2) is 20.7 Å². The maximum Gasteiger partial charge on any atom is 0.275 e. The van der Waals surface area contributed by atoms with Crippen molar-refractivity contribution in [3.63, 3.8) is 0 Å². The van der Waals surface area contributed by atoms with Gasteiger partial charge in [0.1, 0.15) is 6.54 Å². The lowest BCUT2D eigenvalue weighted by molar-refractivity contribution is -0.117. The molecular formula is C17H16N4O2S. The highest BCUT2D eigenvalue weighted by Gasteiger charge is 2.26. The number of aryl methyl sites for hydroxylation is 1. The van der Waals surface area contributed by atoms with Crippen LogP contribution in [0, 0.1) is 6.92 Å². The highest BCUT2D eigenvalue weighted by Crippen LogP contribution is 2.40. The average molecular weight is 340 g/mol. The van der Waals surface area contributed by atoms with E-state index in [2.05, 4.69) is 15.4 Å². The first-order chi connectivity index (χ1) is 11.6. The van der Waals surface area contributed by atoms with E-state index in [1.54, 1.807) is 6.07 Å². The summed E-state index contributed by atoms with van der Waals surface area (Å²) in [6.07, 6.45) is 2.35. The van der Waals surface area contributed by atoms with Gasteiger partial charge in [-0.1, -0.05) is 18.2 Å². The summed E-state index contributed by atoms with van der Waals surface area (Å²) < 4.78 is 1.21. The number of nitrogens with zero attached hydrogens (tertiary/aromatic N) is 3. The minimum Gasteiger partial charge on any atom is -0.300 e. The van der Waals surface area contributed by atoms with E-state index in [1.165, 1.54) is 28.9 Å². The Labute approximate surface area is 142 Å². The fourth-order valence-electron chi connectivity index (χ4n) is 2.72. The summed E-state index contributed by atoms with van der Waals surface area (Å²) in [5, 5.41) is 11.0. The molecule has 0 spiro atoms. The van der Waals surface area contributed by atoms with Gasteiger partial charge in [-0.15, -0.1) is 11.3 Å². The zero-order valence-electron chi connectivity index (χ0n) is 13.2. The first kappa shape index (κ1) is 15.0. The lowest BCUT2D eigenvalue weighted by Gasteiger charge is -2.08. The maximum atomic E-state index is 12.5. The van der Waals surface area contributed by atoms with Gasteiger partial charge in [0.2, 0.25) is 5.91 Å². The number of amides is 1. The smallest absolute Gasteiger partial charge is 0.275 e. The molecule has 0 radical (unpaired) electrons. The number of hydrogen-bond acceptors (Lipinski definition) is 5. The van der Waals surface area contributed by atoms with Crippen molar-refractivity contribution < 1.29 is 4.79 Å². The van der Waals surface area contributed by atoms with Crippen molar-refractivity contribution in [3.8, 4) is 0 Å². The summed E-state index contributed by atoms with van der Waals surface area (Å²) in [6, 6.07) is 7.29. The molecule has 0 bridgehead atoms. The van der Waals surface area contributed by atoms with Crippen LogP contribution in [0.4, 0.5) is 5.13 Å². The highest BCUT2D eigenvalue weighted by atomic mass is 32.1. The molecule has 1 aliphatic carbocycles. The van der Waals surface area contributed by atoms with Gasteiger partial charge in [-0.25, -0.2) is 9.67 Å². The second-order valence-corrected chi connectivity index (χ2v) is 6.85. The Morgan fingerprint density at radius 1 is 1.33 bits per heavy atom. The van der Waals surface area contributed by atoms with Gasteiger partial charge < -0.3 is 5.32 Å². The third-order valence-electron chi connectivity index (χ3n) is 4.11. The van der Waals surface area contributed by atoms with Crippen molar-refractivity contribution in [1.29, 1.82) is 0 Å². The topological polar surface area (TPSA) is 76.9 Å². The molecule has 0 unspecified atom stereocenters. The Hall–Kier alpha value is -2.54. The summed E-state index contributed by atoms with van der Waals surface area (Å²) in [4.78, 5) is 29.1.